The van der Waals surface area contributed by atoms with Crippen molar-refractivity contribution in [1.82, 2.24) is 45.8 Å². The number of hydrogen-bond acceptors (Lipinski definition) is 13. The molecule has 0 aliphatic carbocycles. The zero-order valence-electron chi connectivity index (χ0n) is 41.4. The Labute approximate surface area is 419 Å². The van der Waals surface area contributed by atoms with E-state index >= 15 is 0 Å². The molecule has 1 aliphatic rings. The monoisotopic (exact) mass is 1010 g/mol. The summed E-state index contributed by atoms with van der Waals surface area (Å²) in [7, 11) is 0. The Morgan fingerprint density at radius 3 is 1.62 bits per heavy atom. The Hall–Kier alpha value is -6.69. The highest BCUT2D eigenvalue weighted by Gasteiger charge is 2.29. The SMILES string of the molecule is CCNC(=O)NC(CCCCN(Cc1ccc(C)cc1)C(=O)c1ccc(CNC(=O)CCCCNC(=O)CCC(C(=O)O)N2CCN(CC(=O)O)CCN(CC(=O)O)CCN(CC(=O)O)CC2)cc1)C(=O)O. The van der Waals surface area contributed by atoms with Gasteiger partial charge < -0.3 is 51.7 Å². The molecule has 23 nitrogen and oxygen atoms in total. The first-order chi connectivity index (χ1) is 34.3. The summed E-state index contributed by atoms with van der Waals surface area (Å²) in [5, 5.41) is 58.9. The number of amides is 5. The van der Waals surface area contributed by atoms with Gasteiger partial charge in [-0.15, -0.1) is 0 Å². The summed E-state index contributed by atoms with van der Waals surface area (Å²) >= 11 is 0. The quantitative estimate of drug-likeness (QED) is 0.0517. The van der Waals surface area contributed by atoms with E-state index in [1.54, 1.807) is 55.7 Å². The molecule has 1 heterocycles. The Kier molecular flexibility index (Phi) is 26.8. The van der Waals surface area contributed by atoms with E-state index in [1.807, 2.05) is 31.2 Å². The molecule has 9 N–H and O–H groups in total. The molecule has 3 rings (SSSR count). The van der Waals surface area contributed by atoms with Crippen molar-refractivity contribution in [3.63, 3.8) is 0 Å². The van der Waals surface area contributed by atoms with Gasteiger partial charge in [-0.3, -0.25) is 53.2 Å². The van der Waals surface area contributed by atoms with Gasteiger partial charge in [-0.1, -0.05) is 42.0 Å². The number of aliphatic carboxylic acids is 5. The maximum absolute atomic E-state index is 13.8. The molecule has 72 heavy (non-hydrogen) atoms. The largest absolute Gasteiger partial charge is 0.480 e. The number of hydrogen-bond donors (Lipinski definition) is 9. The van der Waals surface area contributed by atoms with E-state index in [4.69, 9.17) is 0 Å². The zero-order chi connectivity index (χ0) is 53.0. The topological polar surface area (TPSA) is 319 Å². The highest BCUT2D eigenvalue weighted by Crippen LogP contribution is 2.16. The van der Waals surface area contributed by atoms with Crippen LogP contribution in [0.1, 0.15) is 85.3 Å². The molecule has 2 atom stereocenters. The van der Waals surface area contributed by atoms with Crippen LogP contribution in [0.25, 0.3) is 0 Å². The van der Waals surface area contributed by atoms with Crippen molar-refractivity contribution in [2.24, 2.45) is 0 Å². The van der Waals surface area contributed by atoms with E-state index in [0.717, 1.165) is 16.7 Å². The van der Waals surface area contributed by atoms with Gasteiger partial charge in [0.05, 0.1) is 19.6 Å². The van der Waals surface area contributed by atoms with Crippen LogP contribution in [-0.4, -0.2) is 207 Å². The summed E-state index contributed by atoms with van der Waals surface area (Å²) in [6.45, 7) is 5.34. The lowest BCUT2D eigenvalue weighted by Gasteiger charge is -2.35. The second-order valence-electron chi connectivity index (χ2n) is 17.8. The molecule has 0 bridgehead atoms. The number of carbonyl (C=O) groups excluding carboxylic acids is 4. The summed E-state index contributed by atoms with van der Waals surface area (Å²) in [6.07, 6.45) is 2.03. The van der Waals surface area contributed by atoms with Crippen LogP contribution in [0.4, 0.5) is 4.79 Å². The van der Waals surface area contributed by atoms with Gasteiger partial charge in [0, 0.05) is 103 Å². The van der Waals surface area contributed by atoms with Gasteiger partial charge in [0.15, 0.2) is 0 Å². The summed E-state index contributed by atoms with van der Waals surface area (Å²) in [4.78, 5) is 118. The van der Waals surface area contributed by atoms with Crippen molar-refractivity contribution in [2.75, 3.05) is 91.6 Å². The van der Waals surface area contributed by atoms with Crippen molar-refractivity contribution in [1.29, 1.82) is 0 Å². The Balaban J connectivity index is 1.48. The van der Waals surface area contributed by atoms with Gasteiger partial charge in [0.25, 0.3) is 5.91 Å². The average molecular weight is 1010 g/mol. The van der Waals surface area contributed by atoms with Gasteiger partial charge >= 0.3 is 35.9 Å². The van der Waals surface area contributed by atoms with Crippen LogP contribution in [0.2, 0.25) is 0 Å². The standard InChI is InChI=1S/C49H73N9O14/c1-3-50-49(72)53-39(47(68)69)8-5-7-21-58(31-37-12-10-35(2)11-13-37)46(67)38-16-14-36(15-17-38)30-52-41(59)9-4-6-20-51-42(60)19-18-40(48(70)71)57-28-26-55(33-44(63)64)24-22-54(32-43(61)62)23-25-56(27-29-57)34-45(65)66/h10-17,39-40H,3-9,18-34H2,1-2H3,(H,51,60)(H,52,59)(H,61,62)(H,63,64)(H,65,66)(H,68,69)(H,70,71)(H2,50,53,72). The van der Waals surface area contributed by atoms with Gasteiger partial charge in [-0.25, -0.2) is 9.59 Å². The molecule has 0 aromatic heterocycles. The Bertz CT molecular complexity index is 2060. The number of urea groups is 1. The van der Waals surface area contributed by atoms with Crippen LogP contribution in [0.5, 0.6) is 0 Å². The van der Waals surface area contributed by atoms with E-state index in [9.17, 15) is 68.7 Å². The lowest BCUT2D eigenvalue weighted by Crippen LogP contribution is -2.52. The minimum atomic E-state index is -1.20. The van der Waals surface area contributed by atoms with Crippen molar-refractivity contribution < 1.29 is 68.7 Å². The molecule has 23 heteroatoms. The number of carboxylic acid groups (broad SMARTS) is 5. The maximum atomic E-state index is 13.8. The Morgan fingerprint density at radius 2 is 1.11 bits per heavy atom. The number of unbranched alkanes of at least 4 members (excludes halogenated alkanes) is 2. The molecule has 0 radical (unpaired) electrons. The maximum Gasteiger partial charge on any atom is 0.326 e. The van der Waals surface area contributed by atoms with Crippen molar-refractivity contribution in [2.45, 2.75) is 90.4 Å². The second-order valence-corrected chi connectivity index (χ2v) is 17.8. The van der Waals surface area contributed by atoms with Crippen molar-refractivity contribution >= 4 is 53.6 Å². The van der Waals surface area contributed by atoms with E-state index in [1.165, 1.54) is 0 Å². The third kappa shape index (κ3) is 23.9. The van der Waals surface area contributed by atoms with Crippen LogP contribution < -0.4 is 21.3 Å². The number of benzene rings is 2. The van der Waals surface area contributed by atoms with E-state index in [0.29, 0.717) is 50.9 Å². The van der Waals surface area contributed by atoms with E-state index in [2.05, 4.69) is 21.3 Å². The minimum Gasteiger partial charge on any atom is -0.480 e. The number of carboxylic acids is 5. The van der Waals surface area contributed by atoms with Crippen LogP contribution >= 0.6 is 0 Å². The summed E-state index contributed by atoms with van der Waals surface area (Å²) in [5.41, 5.74) is 3.21. The Morgan fingerprint density at radius 1 is 0.583 bits per heavy atom. The third-order valence-corrected chi connectivity index (χ3v) is 12.1. The lowest BCUT2D eigenvalue weighted by molar-refractivity contribution is -0.145. The van der Waals surface area contributed by atoms with Gasteiger partial charge in [-0.2, -0.15) is 0 Å². The first-order valence-electron chi connectivity index (χ1n) is 24.4. The van der Waals surface area contributed by atoms with E-state index < -0.39 is 53.9 Å². The molecule has 1 aliphatic heterocycles. The molecule has 2 aromatic carbocycles. The molecular weight excluding hydrogens is 939 g/mol. The molecule has 2 unspecified atom stereocenters. The summed E-state index contributed by atoms with van der Waals surface area (Å²) in [6, 6.07) is 11.9. The van der Waals surface area contributed by atoms with Crippen LogP contribution in [0.15, 0.2) is 48.5 Å². The molecule has 0 saturated carbocycles. The van der Waals surface area contributed by atoms with Gasteiger partial charge in [0.2, 0.25) is 11.8 Å². The van der Waals surface area contributed by atoms with Crippen LogP contribution in [-0.2, 0) is 46.7 Å². The zero-order valence-corrected chi connectivity index (χ0v) is 41.4. The highest BCUT2D eigenvalue weighted by atomic mass is 16.4. The average Bonchev–Trinajstić information content (AvgIpc) is 3.31. The molecule has 1 saturated heterocycles. The molecule has 398 valence electrons. The normalized spacial score (nSPS) is 15.1. The number of aryl methyl sites for hydroxylation is 1. The van der Waals surface area contributed by atoms with Crippen LogP contribution in [0, 0.1) is 6.92 Å². The number of nitrogens with zero attached hydrogens (tertiary/aromatic N) is 5. The molecule has 1 fully saturated rings. The highest BCUT2D eigenvalue weighted by molar-refractivity contribution is 5.94. The summed E-state index contributed by atoms with van der Waals surface area (Å²) < 4.78 is 0. The van der Waals surface area contributed by atoms with Gasteiger partial charge in [-0.05, 0) is 75.6 Å². The fourth-order valence-corrected chi connectivity index (χ4v) is 8.05. The van der Waals surface area contributed by atoms with Crippen LogP contribution in [0.3, 0.4) is 0 Å². The second kappa shape index (κ2) is 32.3. The number of nitrogens with one attached hydrogen (secondary N) is 4. The predicted molar refractivity (Wildman–Crippen MR) is 263 cm³/mol. The van der Waals surface area contributed by atoms with Crippen molar-refractivity contribution in [3.05, 3.63) is 70.8 Å². The van der Waals surface area contributed by atoms with E-state index in [-0.39, 0.29) is 123 Å². The summed E-state index contributed by atoms with van der Waals surface area (Å²) in [5.74, 6) is -6.47. The lowest BCUT2D eigenvalue weighted by atomic mass is 10.1. The minimum absolute atomic E-state index is 0.0776. The van der Waals surface area contributed by atoms with Gasteiger partial charge in [0.1, 0.15) is 12.1 Å². The fourth-order valence-electron chi connectivity index (χ4n) is 8.05. The molecule has 0 spiro atoms. The fraction of sp³-hybridized carbons (Fsp3) is 0.571. The number of carbonyl (C=O) groups is 9. The third-order valence-electron chi connectivity index (χ3n) is 12.1. The molecule has 2 aromatic rings. The number of rotatable bonds is 29. The molecular formula is C49H73N9O14. The smallest absolute Gasteiger partial charge is 0.326 e. The first kappa shape index (κ1) is 59.6. The van der Waals surface area contributed by atoms with Crippen molar-refractivity contribution in [3.8, 4) is 0 Å². The predicted octanol–water partition coefficient (Wildman–Crippen LogP) is 1.19. The first-order valence-corrected chi connectivity index (χ1v) is 24.4. The molecule has 5 amide bonds.